The number of carbonyl (C=O) groups is 2. The zero-order valence-corrected chi connectivity index (χ0v) is 16.3. The van der Waals surface area contributed by atoms with Gasteiger partial charge in [0.1, 0.15) is 17.5 Å². The largest absolute Gasteiger partial charge is 0.497 e. The SMILES string of the molecule is COc1ccc(C[C@H](C)C(=O)O)cc1.COc1ccc(C[C@H](N)C(=O)O)cc1. The summed E-state index contributed by atoms with van der Waals surface area (Å²) in [4.78, 5) is 21.1. The molecular weight excluding hydrogens is 362 g/mol. The van der Waals surface area contributed by atoms with Crippen LogP contribution in [0.5, 0.6) is 11.5 Å². The first-order chi connectivity index (χ1) is 13.3. The third-order valence-corrected chi connectivity index (χ3v) is 4.05. The summed E-state index contributed by atoms with van der Waals surface area (Å²) in [6, 6.07) is 13.8. The van der Waals surface area contributed by atoms with Gasteiger partial charge in [-0.2, -0.15) is 0 Å². The van der Waals surface area contributed by atoms with Gasteiger partial charge in [0, 0.05) is 0 Å². The van der Waals surface area contributed by atoms with Crippen molar-refractivity contribution in [2.75, 3.05) is 14.2 Å². The molecule has 0 aliphatic rings. The van der Waals surface area contributed by atoms with Crippen molar-refractivity contribution in [3.05, 3.63) is 59.7 Å². The Morgan fingerprint density at radius 3 is 1.54 bits per heavy atom. The van der Waals surface area contributed by atoms with Crippen LogP contribution in [0.1, 0.15) is 18.1 Å². The molecule has 7 heteroatoms. The monoisotopic (exact) mass is 389 g/mol. The van der Waals surface area contributed by atoms with E-state index >= 15 is 0 Å². The van der Waals surface area contributed by atoms with E-state index in [4.69, 9.17) is 25.4 Å². The van der Waals surface area contributed by atoms with Gasteiger partial charge in [-0.25, -0.2) is 0 Å². The summed E-state index contributed by atoms with van der Waals surface area (Å²) in [5.74, 6) is -0.556. The van der Waals surface area contributed by atoms with E-state index in [1.54, 1.807) is 33.3 Å². The number of carboxylic acids is 2. The van der Waals surface area contributed by atoms with Crippen LogP contribution in [0.25, 0.3) is 0 Å². The molecule has 2 rings (SSSR count). The van der Waals surface area contributed by atoms with E-state index < -0.39 is 18.0 Å². The molecule has 2 atom stereocenters. The quantitative estimate of drug-likeness (QED) is 0.635. The van der Waals surface area contributed by atoms with Crippen LogP contribution in [0.2, 0.25) is 0 Å². The van der Waals surface area contributed by atoms with Crippen LogP contribution >= 0.6 is 0 Å². The molecule has 0 amide bonds. The predicted octanol–water partition coefficient (Wildman–Crippen LogP) is 2.61. The molecule has 0 fully saturated rings. The summed E-state index contributed by atoms with van der Waals surface area (Å²) in [5, 5.41) is 17.3. The fraction of sp³-hybridized carbons (Fsp3) is 0.333. The molecule has 0 unspecified atom stereocenters. The van der Waals surface area contributed by atoms with Crippen molar-refractivity contribution in [2.45, 2.75) is 25.8 Å². The Hall–Kier alpha value is -3.06. The lowest BCUT2D eigenvalue weighted by molar-refractivity contribution is -0.141. The third-order valence-electron chi connectivity index (χ3n) is 4.05. The Morgan fingerprint density at radius 1 is 0.821 bits per heavy atom. The van der Waals surface area contributed by atoms with E-state index in [0.29, 0.717) is 12.8 Å². The summed E-state index contributed by atoms with van der Waals surface area (Å²) in [5.41, 5.74) is 7.29. The standard InChI is InChI=1S/C11H14O3.C10H13NO3/c1-8(11(12)13)7-9-3-5-10(14-2)6-4-9;1-14-8-4-2-7(3-5-8)6-9(11)10(12)13/h3-6,8H,7H2,1-2H3,(H,12,13);2-5,9H,6,11H2,1H3,(H,12,13)/t8-;9-/m00/s1. The predicted molar refractivity (Wildman–Crippen MR) is 106 cm³/mol. The maximum absolute atomic E-state index is 10.6. The highest BCUT2D eigenvalue weighted by Crippen LogP contribution is 2.14. The molecule has 0 bridgehead atoms. The average molecular weight is 389 g/mol. The van der Waals surface area contributed by atoms with Crippen molar-refractivity contribution in [3.63, 3.8) is 0 Å². The van der Waals surface area contributed by atoms with Crippen molar-refractivity contribution >= 4 is 11.9 Å². The van der Waals surface area contributed by atoms with Crippen LogP contribution in [-0.4, -0.2) is 42.4 Å². The Labute approximate surface area is 164 Å². The van der Waals surface area contributed by atoms with Crippen molar-refractivity contribution in [1.82, 2.24) is 0 Å². The highest BCUT2D eigenvalue weighted by molar-refractivity contribution is 5.73. The second kappa shape index (κ2) is 11.6. The molecule has 0 spiro atoms. The van der Waals surface area contributed by atoms with E-state index in [2.05, 4.69) is 0 Å². The molecule has 0 aromatic heterocycles. The topological polar surface area (TPSA) is 119 Å². The zero-order valence-electron chi connectivity index (χ0n) is 16.3. The molecule has 7 nitrogen and oxygen atoms in total. The molecule has 2 aromatic rings. The Balaban J connectivity index is 0.000000280. The average Bonchev–Trinajstić information content (AvgIpc) is 2.69. The third kappa shape index (κ3) is 8.09. The van der Waals surface area contributed by atoms with E-state index in [-0.39, 0.29) is 5.92 Å². The van der Waals surface area contributed by atoms with Gasteiger partial charge in [0.15, 0.2) is 0 Å². The Kier molecular flexibility index (Phi) is 9.53. The van der Waals surface area contributed by atoms with Gasteiger partial charge < -0.3 is 25.4 Å². The van der Waals surface area contributed by atoms with Gasteiger partial charge in [-0.1, -0.05) is 31.2 Å². The smallest absolute Gasteiger partial charge is 0.320 e. The highest BCUT2D eigenvalue weighted by Gasteiger charge is 2.12. The van der Waals surface area contributed by atoms with Gasteiger partial charge in [-0.15, -0.1) is 0 Å². The molecule has 0 saturated heterocycles. The van der Waals surface area contributed by atoms with Crippen molar-refractivity contribution in [2.24, 2.45) is 11.7 Å². The molecule has 28 heavy (non-hydrogen) atoms. The second-order valence-electron chi connectivity index (χ2n) is 6.29. The van der Waals surface area contributed by atoms with Gasteiger partial charge in [0.2, 0.25) is 0 Å². The molecule has 152 valence electrons. The van der Waals surface area contributed by atoms with Crippen LogP contribution in [0.4, 0.5) is 0 Å². The normalized spacial score (nSPS) is 12.1. The number of aliphatic carboxylic acids is 2. The molecule has 0 aliphatic carbocycles. The number of benzene rings is 2. The Morgan fingerprint density at radius 2 is 1.21 bits per heavy atom. The fourth-order valence-electron chi connectivity index (χ4n) is 2.31. The van der Waals surface area contributed by atoms with Crippen molar-refractivity contribution < 1.29 is 29.3 Å². The zero-order chi connectivity index (χ0) is 21.1. The minimum Gasteiger partial charge on any atom is -0.497 e. The van der Waals surface area contributed by atoms with Gasteiger partial charge in [0.25, 0.3) is 0 Å². The van der Waals surface area contributed by atoms with Crippen LogP contribution in [0.15, 0.2) is 48.5 Å². The second-order valence-corrected chi connectivity index (χ2v) is 6.29. The van der Waals surface area contributed by atoms with E-state index in [9.17, 15) is 9.59 Å². The van der Waals surface area contributed by atoms with Gasteiger partial charge in [0.05, 0.1) is 20.1 Å². The van der Waals surface area contributed by atoms with Crippen LogP contribution < -0.4 is 15.2 Å². The number of nitrogens with two attached hydrogens (primary N) is 1. The van der Waals surface area contributed by atoms with Gasteiger partial charge in [-0.05, 0) is 48.2 Å². The summed E-state index contributed by atoms with van der Waals surface area (Å²) < 4.78 is 9.98. The maximum Gasteiger partial charge on any atom is 0.320 e. The highest BCUT2D eigenvalue weighted by atomic mass is 16.5. The van der Waals surface area contributed by atoms with Gasteiger partial charge in [-0.3, -0.25) is 9.59 Å². The molecule has 4 N–H and O–H groups in total. The molecule has 0 saturated carbocycles. The molecular formula is C21H27NO6. The van der Waals surface area contributed by atoms with E-state index in [0.717, 1.165) is 22.6 Å². The van der Waals surface area contributed by atoms with E-state index in [1.807, 2.05) is 36.4 Å². The lowest BCUT2D eigenvalue weighted by atomic mass is 10.0. The van der Waals surface area contributed by atoms with Crippen molar-refractivity contribution in [1.29, 1.82) is 0 Å². The lowest BCUT2D eigenvalue weighted by Crippen LogP contribution is -2.32. The summed E-state index contributed by atoms with van der Waals surface area (Å²) in [7, 11) is 3.19. The van der Waals surface area contributed by atoms with Crippen LogP contribution in [-0.2, 0) is 22.4 Å². The first-order valence-corrected chi connectivity index (χ1v) is 8.73. The molecule has 0 aliphatic heterocycles. The number of methoxy groups -OCH3 is 2. The number of hydrogen-bond donors (Lipinski definition) is 3. The first kappa shape index (κ1) is 23.0. The summed E-state index contributed by atoms with van der Waals surface area (Å²) in [6.45, 7) is 1.70. The lowest BCUT2D eigenvalue weighted by Gasteiger charge is -2.06. The summed E-state index contributed by atoms with van der Waals surface area (Å²) >= 11 is 0. The fourth-order valence-corrected chi connectivity index (χ4v) is 2.31. The van der Waals surface area contributed by atoms with Crippen LogP contribution in [0.3, 0.4) is 0 Å². The molecule has 0 radical (unpaired) electrons. The Bertz CT molecular complexity index is 677. The minimum absolute atomic E-state index is 0.333. The van der Waals surface area contributed by atoms with E-state index in [1.165, 1.54) is 0 Å². The maximum atomic E-state index is 10.6. The minimum atomic E-state index is -0.985. The van der Waals surface area contributed by atoms with Gasteiger partial charge >= 0.3 is 11.9 Å². The van der Waals surface area contributed by atoms with Crippen LogP contribution in [0, 0.1) is 5.92 Å². The number of ether oxygens (including phenoxy) is 2. The van der Waals surface area contributed by atoms with Crippen molar-refractivity contribution in [3.8, 4) is 11.5 Å². The molecule has 2 aromatic carbocycles. The number of rotatable bonds is 8. The molecule has 0 heterocycles. The summed E-state index contributed by atoms with van der Waals surface area (Å²) in [6.07, 6.45) is 0.888. The number of hydrogen-bond acceptors (Lipinski definition) is 5. The first-order valence-electron chi connectivity index (χ1n) is 8.73. The number of carboxylic acid groups (broad SMARTS) is 2.